The average molecular weight is 799 g/mol. The summed E-state index contributed by atoms with van der Waals surface area (Å²) in [4.78, 5) is 69.0. The van der Waals surface area contributed by atoms with Crippen molar-refractivity contribution in [3.8, 4) is 5.75 Å². The second-order valence-electron chi connectivity index (χ2n) is 16.1. The van der Waals surface area contributed by atoms with E-state index in [-0.39, 0.29) is 12.8 Å². The van der Waals surface area contributed by atoms with Crippen LogP contribution < -0.4 is 31.3 Å². The fraction of sp³-hybridized carbons (Fsp3) is 0.432. The first-order chi connectivity index (χ1) is 27.5. The number of aromatic nitrogens is 1. The molecule has 14 nitrogen and oxygen atoms in total. The van der Waals surface area contributed by atoms with Gasteiger partial charge >= 0.3 is 12.2 Å². The summed E-state index contributed by atoms with van der Waals surface area (Å²) in [5.74, 6) is -0.972. The average Bonchev–Trinajstić information content (AvgIpc) is 3.56. The first-order valence-corrected chi connectivity index (χ1v) is 19.6. The molecular weight excluding hydrogens is 741 g/mol. The zero-order valence-corrected chi connectivity index (χ0v) is 34.5. The smallest absolute Gasteiger partial charge is 0.408 e. The van der Waals surface area contributed by atoms with E-state index in [2.05, 4.69) is 31.6 Å². The summed E-state index contributed by atoms with van der Waals surface area (Å²) in [5, 5.41) is 14.7. The van der Waals surface area contributed by atoms with Gasteiger partial charge in [0.25, 0.3) is 0 Å². The summed E-state index contributed by atoms with van der Waals surface area (Å²) in [5.41, 5.74) is 2.05. The Morgan fingerprint density at radius 1 is 0.621 bits per heavy atom. The van der Waals surface area contributed by atoms with Crippen molar-refractivity contribution in [1.29, 1.82) is 0 Å². The topological polar surface area (TPSA) is 189 Å². The quantitative estimate of drug-likeness (QED) is 0.0678. The molecule has 14 heteroatoms. The number of hydrogen-bond acceptors (Lipinski definition) is 8. The van der Waals surface area contributed by atoms with Gasteiger partial charge in [0.1, 0.15) is 41.7 Å². The zero-order chi connectivity index (χ0) is 42.3. The summed E-state index contributed by atoms with van der Waals surface area (Å²) in [6.07, 6.45) is 1.94. The Morgan fingerprint density at radius 3 is 1.90 bits per heavy atom. The van der Waals surface area contributed by atoms with Crippen LogP contribution in [0.15, 0.2) is 85.1 Å². The number of H-pyrrole nitrogens is 1. The van der Waals surface area contributed by atoms with Crippen molar-refractivity contribution in [2.24, 2.45) is 0 Å². The van der Waals surface area contributed by atoms with Gasteiger partial charge in [-0.3, -0.25) is 14.4 Å². The molecule has 0 spiro atoms. The lowest BCUT2D eigenvalue weighted by Crippen LogP contribution is -2.56. The van der Waals surface area contributed by atoms with E-state index in [0.717, 1.165) is 27.6 Å². The van der Waals surface area contributed by atoms with E-state index in [4.69, 9.17) is 14.2 Å². The van der Waals surface area contributed by atoms with Crippen LogP contribution in [0.4, 0.5) is 9.59 Å². The molecule has 4 aromatic rings. The van der Waals surface area contributed by atoms with Gasteiger partial charge in [0, 0.05) is 43.0 Å². The highest BCUT2D eigenvalue weighted by Gasteiger charge is 2.29. The molecule has 0 radical (unpaired) electrons. The van der Waals surface area contributed by atoms with Crippen molar-refractivity contribution in [3.63, 3.8) is 0 Å². The number of benzene rings is 3. The molecule has 312 valence electrons. The van der Waals surface area contributed by atoms with Crippen LogP contribution in [0.5, 0.6) is 5.75 Å². The van der Waals surface area contributed by atoms with Gasteiger partial charge in [-0.05, 0) is 96.2 Å². The highest BCUT2D eigenvalue weighted by atomic mass is 16.6. The van der Waals surface area contributed by atoms with Crippen molar-refractivity contribution in [2.75, 3.05) is 13.1 Å². The van der Waals surface area contributed by atoms with E-state index >= 15 is 0 Å². The van der Waals surface area contributed by atoms with Crippen molar-refractivity contribution >= 4 is 40.8 Å². The molecule has 58 heavy (non-hydrogen) atoms. The van der Waals surface area contributed by atoms with Gasteiger partial charge in [-0.25, -0.2) is 9.59 Å². The molecule has 1 aromatic heterocycles. The molecule has 0 saturated heterocycles. The molecule has 0 aliphatic heterocycles. The minimum atomic E-state index is -1.10. The highest BCUT2D eigenvalue weighted by Crippen LogP contribution is 2.20. The van der Waals surface area contributed by atoms with Crippen LogP contribution in [-0.4, -0.2) is 77.3 Å². The number of ether oxygens (including phenoxy) is 3. The summed E-state index contributed by atoms with van der Waals surface area (Å²) < 4.78 is 16.6. The number of rotatable bonds is 18. The number of unbranched alkanes of at least 4 members (excludes halogenated alkanes) is 1. The van der Waals surface area contributed by atoms with Crippen molar-refractivity contribution in [2.45, 2.75) is 110 Å². The first-order valence-electron chi connectivity index (χ1n) is 19.6. The Labute approximate surface area is 340 Å². The number of aromatic amines is 1. The number of amides is 5. The lowest BCUT2D eigenvalue weighted by molar-refractivity contribution is -0.132. The Hall–Kier alpha value is -6.05. The van der Waals surface area contributed by atoms with Crippen molar-refractivity contribution in [1.82, 2.24) is 31.6 Å². The molecule has 0 aliphatic rings. The predicted molar refractivity (Wildman–Crippen MR) is 222 cm³/mol. The van der Waals surface area contributed by atoms with Gasteiger partial charge in [-0.1, -0.05) is 60.7 Å². The van der Waals surface area contributed by atoms with E-state index in [1.54, 1.807) is 72.0 Å². The Morgan fingerprint density at radius 2 is 1.22 bits per heavy atom. The van der Waals surface area contributed by atoms with Crippen molar-refractivity contribution < 1.29 is 38.2 Å². The third-order valence-electron chi connectivity index (χ3n) is 8.67. The number of hydrogen-bond donors (Lipinski definition) is 6. The van der Waals surface area contributed by atoms with Crippen molar-refractivity contribution in [3.05, 3.63) is 102 Å². The first kappa shape index (κ1) is 44.7. The normalized spacial score (nSPS) is 13.0. The van der Waals surface area contributed by atoms with Gasteiger partial charge < -0.3 is 45.8 Å². The molecule has 6 N–H and O–H groups in total. The van der Waals surface area contributed by atoms with Gasteiger partial charge in [0.2, 0.25) is 17.7 Å². The molecule has 0 aliphatic carbocycles. The Balaban J connectivity index is 1.40. The van der Waals surface area contributed by atoms with E-state index in [1.165, 1.54) is 6.92 Å². The minimum Gasteiger partial charge on any atom is -0.489 e. The van der Waals surface area contributed by atoms with Crippen LogP contribution >= 0.6 is 0 Å². The molecule has 0 bridgehead atoms. The van der Waals surface area contributed by atoms with Gasteiger partial charge in [-0.15, -0.1) is 0 Å². The molecule has 0 fully saturated rings. The molecular formula is C44H58N6O8. The maximum Gasteiger partial charge on any atom is 0.408 e. The van der Waals surface area contributed by atoms with E-state index in [9.17, 15) is 24.0 Å². The number of carbonyl (C=O) groups excluding carboxylic acids is 5. The predicted octanol–water partition coefficient (Wildman–Crippen LogP) is 5.84. The standard InChI is InChI=1S/C44H58N6O8/c1-29(48-40(53)36(50-42(55)58-44(5,6)7)25-30-19-21-33(22-20-30)56-28-31-15-9-8-10-16-31)38(51)49-37(26-32-27-47-35-18-12-11-17-34(32)35)39(52)45-23-13-14-24-46-41(54)57-43(2,3)4/h8-12,15-22,27,29,36-37,47H,13-14,23-26,28H2,1-7H3,(H,45,52)(H,46,54)(H,48,53)(H,49,51)(H,50,55)/t29-,36-,37-/m0/s1. The van der Waals surface area contributed by atoms with Crippen LogP contribution in [-0.2, 0) is 43.3 Å². The second-order valence-corrected chi connectivity index (χ2v) is 16.1. The molecule has 3 aromatic carbocycles. The molecule has 0 saturated carbocycles. The maximum absolute atomic E-state index is 13.7. The fourth-order valence-corrected chi connectivity index (χ4v) is 5.85. The van der Waals surface area contributed by atoms with Crippen LogP contribution in [0, 0.1) is 0 Å². The van der Waals surface area contributed by atoms with Crippen LogP contribution in [0.2, 0.25) is 0 Å². The monoisotopic (exact) mass is 798 g/mol. The van der Waals surface area contributed by atoms with E-state index < -0.39 is 59.2 Å². The molecule has 1 heterocycles. The van der Waals surface area contributed by atoms with Crippen LogP contribution in [0.1, 0.15) is 78.0 Å². The second kappa shape index (κ2) is 20.9. The summed E-state index contributed by atoms with van der Waals surface area (Å²) in [7, 11) is 0. The Bertz CT molecular complexity index is 1970. The lowest BCUT2D eigenvalue weighted by atomic mass is 10.0. The number of nitrogens with one attached hydrogen (secondary N) is 6. The van der Waals surface area contributed by atoms with Crippen LogP contribution in [0.25, 0.3) is 10.9 Å². The summed E-state index contributed by atoms with van der Waals surface area (Å²) >= 11 is 0. The number of alkyl carbamates (subject to hydrolysis) is 2. The Kier molecular flexibility index (Phi) is 16.1. The minimum absolute atomic E-state index is 0.0945. The molecule has 3 atom stereocenters. The molecule has 4 rings (SSSR count). The fourth-order valence-electron chi connectivity index (χ4n) is 5.85. The lowest BCUT2D eigenvalue weighted by Gasteiger charge is -2.25. The molecule has 0 unspecified atom stereocenters. The van der Waals surface area contributed by atoms with Gasteiger partial charge in [0.05, 0.1) is 0 Å². The van der Waals surface area contributed by atoms with E-state index in [1.807, 2.05) is 54.6 Å². The summed E-state index contributed by atoms with van der Waals surface area (Å²) in [6.45, 7) is 13.1. The SMILES string of the molecule is C[C@H](NC(=O)[C@H](Cc1ccc(OCc2ccccc2)cc1)NC(=O)OC(C)(C)C)C(=O)N[C@@H](Cc1c[nH]c2ccccc12)C(=O)NCCCCNC(=O)OC(C)(C)C. The summed E-state index contributed by atoms with van der Waals surface area (Å²) in [6, 6.07) is 21.4. The maximum atomic E-state index is 13.7. The number of carbonyl (C=O) groups is 5. The number of para-hydroxylation sites is 1. The van der Waals surface area contributed by atoms with Gasteiger partial charge in [-0.2, -0.15) is 0 Å². The van der Waals surface area contributed by atoms with Crippen LogP contribution in [0.3, 0.4) is 0 Å². The molecule has 5 amide bonds. The number of fused-ring (bicyclic) bond motifs is 1. The van der Waals surface area contributed by atoms with E-state index in [0.29, 0.717) is 38.3 Å². The highest BCUT2D eigenvalue weighted by molar-refractivity contribution is 5.94. The third kappa shape index (κ3) is 15.5. The third-order valence-corrected chi connectivity index (χ3v) is 8.67. The van der Waals surface area contributed by atoms with Gasteiger partial charge in [0.15, 0.2) is 0 Å². The zero-order valence-electron chi connectivity index (χ0n) is 34.5. The largest absolute Gasteiger partial charge is 0.489 e.